The number of aryl methyl sites for hydroxylation is 2. The van der Waals surface area contributed by atoms with Crippen LogP contribution >= 0.6 is 11.3 Å². The van der Waals surface area contributed by atoms with Crippen molar-refractivity contribution in [2.75, 3.05) is 13.1 Å². The molecular weight excluding hydrogens is 274 g/mol. The molecule has 0 unspecified atom stereocenters. The molecule has 0 saturated carbocycles. The standard InChI is InChI=1S/C15H21NO3S/c1-10-9-13(20-11(10)2)15(19)16-7-5-12(6-8-16)3-4-14(17)18/h9,12H,3-8H2,1-2H3,(H,17,18). The highest BCUT2D eigenvalue weighted by Crippen LogP contribution is 2.26. The van der Waals surface area contributed by atoms with Crippen LogP contribution in [-0.4, -0.2) is 35.0 Å². The third kappa shape index (κ3) is 3.60. The number of carboxylic acid groups (broad SMARTS) is 1. The van der Waals surface area contributed by atoms with Crippen LogP contribution in [0, 0.1) is 19.8 Å². The van der Waals surface area contributed by atoms with Crippen LogP contribution in [-0.2, 0) is 4.79 Å². The second kappa shape index (κ2) is 6.39. The lowest BCUT2D eigenvalue weighted by molar-refractivity contribution is -0.137. The summed E-state index contributed by atoms with van der Waals surface area (Å²) in [7, 11) is 0. The van der Waals surface area contributed by atoms with E-state index in [-0.39, 0.29) is 12.3 Å². The van der Waals surface area contributed by atoms with Gasteiger partial charge in [-0.25, -0.2) is 0 Å². The molecule has 0 aliphatic carbocycles. The first kappa shape index (κ1) is 15.0. The summed E-state index contributed by atoms with van der Waals surface area (Å²) in [5.74, 6) is -0.155. The van der Waals surface area contributed by atoms with Gasteiger partial charge in [0.05, 0.1) is 4.88 Å². The normalized spacial score (nSPS) is 16.4. The van der Waals surface area contributed by atoms with Crippen molar-refractivity contribution >= 4 is 23.2 Å². The van der Waals surface area contributed by atoms with Gasteiger partial charge in [-0.1, -0.05) is 0 Å². The lowest BCUT2D eigenvalue weighted by atomic mass is 9.92. The quantitative estimate of drug-likeness (QED) is 0.928. The van der Waals surface area contributed by atoms with Crippen molar-refractivity contribution in [3.63, 3.8) is 0 Å². The average Bonchev–Trinajstić information content (AvgIpc) is 2.76. The van der Waals surface area contributed by atoms with Gasteiger partial charge in [-0.05, 0) is 50.7 Å². The van der Waals surface area contributed by atoms with Crippen molar-refractivity contribution < 1.29 is 14.7 Å². The predicted molar refractivity (Wildman–Crippen MR) is 79.3 cm³/mol. The Morgan fingerprint density at radius 3 is 2.50 bits per heavy atom. The lowest BCUT2D eigenvalue weighted by Gasteiger charge is -2.31. The fraction of sp³-hybridized carbons (Fsp3) is 0.600. The van der Waals surface area contributed by atoms with E-state index in [0.29, 0.717) is 5.92 Å². The summed E-state index contributed by atoms with van der Waals surface area (Å²) in [6.07, 6.45) is 2.81. The molecular formula is C15H21NO3S. The van der Waals surface area contributed by atoms with E-state index in [1.54, 1.807) is 11.3 Å². The molecule has 0 aromatic carbocycles. The Morgan fingerprint density at radius 2 is 2.00 bits per heavy atom. The van der Waals surface area contributed by atoms with Crippen molar-refractivity contribution in [2.45, 2.75) is 39.5 Å². The van der Waals surface area contributed by atoms with Gasteiger partial charge in [-0.3, -0.25) is 9.59 Å². The van der Waals surface area contributed by atoms with Crippen LogP contribution in [0.2, 0.25) is 0 Å². The third-order valence-electron chi connectivity index (χ3n) is 4.04. The van der Waals surface area contributed by atoms with Crippen molar-refractivity contribution in [3.8, 4) is 0 Å². The summed E-state index contributed by atoms with van der Waals surface area (Å²) in [4.78, 5) is 26.9. The molecule has 1 saturated heterocycles. The molecule has 1 N–H and O–H groups in total. The highest BCUT2D eigenvalue weighted by atomic mass is 32.1. The Labute approximate surface area is 123 Å². The number of carbonyl (C=O) groups is 2. The maximum atomic E-state index is 12.4. The Morgan fingerprint density at radius 1 is 1.35 bits per heavy atom. The molecule has 110 valence electrons. The summed E-state index contributed by atoms with van der Waals surface area (Å²) in [5, 5.41) is 8.70. The first-order valence-electron chi connectivity index (χ1n) is 7.05. The summed E-state index contributed by atoms with van der Waals surface area (Å²) in [5.41, 5.74) is 1.18. The monoisotopic (exact) mass is 295 g/mol. The maximum Gasteiger partial charge on any atom is 0.303 e. The minimum absolute atomic E-state index is 0.128. The van der Waals surface area contributed by atoms with Gasteiger partial charge in [-0.2, -0.15) is 0 Å². The first-order valence-corrected chi connectivity index (χ1v) is 7.87. The first-order chi connectivity index (χ1) is 9.47. The molecule has 0 bridgehead atoms. The molecule has 1 aromatic heterocycles. The van der Waals surface area contributed by atoms with Crippen molar-refractivity contribution in [3.05, 3.63) is 21.4 Å². The van der Waals surface area contributed by atoms with E-state index in [9.17, 15) is 9.59 Å². The lowest BCUT2D eigenvalue weighted by Crippen LogP contribution is -2.38. The number of nitrogens with zero attached hydrogens (tertiary/aromatic N) is 1. The van der Waals surface area contributed by atoms with E-state index in [1.165, 1.54) is 10.4 Å². The molecule has 20 heavy (non-hydrogen) atoms. The van der Waals surface area contributed by atoms with Crippen LogP contribution in [0.25, 0.3) is 0 Å². The number of likely N-dealkylation sites (tertiary alicyclic amines) is 1. The Kier molecular flexibility index (Phi) is 4.81. The largest absolute Gasteiger partial charge is 0.481 e. The highest BCUT2D eigenvalue weighted by Gasteiger charge is 2.25. The molecule has 1 aromatic rings. The van der Waals surface area contributed by atoms with Crippen molar-refractivity contribution in [1.29, 1.82) is 0 Å². The number of carboxylic acids is 1. The number of amides is 1. The molecule has 2 rings (SSSR count). The van der Waals surface area contributed by atoms with E-state index < -0.39 is 5.97 Å². The molecule has 1 fully saturated rings. The van der Waals surface area contributed by atoms with Crippen LogP contribution < -0.4 is 0 Å². The van der Waals surface area contributed by atoms with Crippen LogP contribution in [0.1, 0.15) is 45.8 Å². The minimum Gasteiger partial charge on any atom is -0.481 e. The maximum absolute atomic E-state index is 12.4. The van der Waals surface area contributed by atoms with E-state index in [0.717, 1.165) is 37.2 Å². The Balaban J connectivity index is 1.87. The Bertz CT molecular complexity index is 482. The van der Waals surface area contributed by atoms with Gasteiger partial charge in [0, 0.05) is 24.4 Å². The zero-order valence-electron chi connectivity index (χ0n) is 12.0. The molecule has 1 aliphatic heterocycles. The number of aliphatic carboxylic acids is 1. The molecule has 4 nitrogen and oxygen atoms in total. The predicted octanol–water partition coefficient (Wildman–Crippen LogP) is 3.08. The summed E-state index contributed by atoms with van der Waals surface area (Å²) < 4.78 is 0. The number of carbonyl (C=O) groups excluding carboxylic acids is 1. The van der Waals surface area contributed by atoms with Crippen molar-refractivity contribution in [1.82, 2.24) is 4.90 Å². The van der Waals surface area contributed by atoms with Gasteiger partial charge < -0.3 is 10.0 Å². The highest BCUT2D eigenvalue weighted by molar-refractivity contribution is 7.14. The van der Waals surface area contributed by atoms with Crippen LogP contribution in [0.5, 0.6) is 0 Å². The van der Waals surface area contributed by atoms with E-state index in [1.807, 2.05) is 24.8 Å². The van der Waals surface area contributed by atoms with Crippen LogP contribution in [0.15, 0.2) is 6.07 Å². The number of piperidine rings is 1. The third-order valence-corrected chi connectivity index (χ3v) is 5.19. The molecule has 0 radical (unpaired) electrons. The van der Waals surface area contributed by atoms with Gasteiger partial charge >= 0.3 is 5.97 Å². The molecule has 0 atom stereocenters. The second-order valence-electron chi connectivity index (χ2n) is 5.52. The van der Waals surface area contributed by atoms with Crippen molar-refractivity contribution in [2.24, 2.45) is 5.92 Å². The van der Waals surface area contributed by atoms with E-state index in [2.05, 4.69) is 0 Å². The molecule has 5 heteroatoms. The topological polar surface area (TPSA) is 57.6 Å². The molecule has 1 aliphatic rings. The second-order valence-corrected chi connectivity index (χ2v) is 6.77. The Hall–Kier alpha value is -1.36. The zero-order chi connectivity index (χ0) is 14.7. The molecule has 2 heterocycles. The number of thiophene rings is 1. The van der Waals surface area contributed by atoms with E-state index >= 15 is 0 Å². The van der Waals surface area contributed by atoms with Gasteiger partial charge in [0.15, 0.2) is 0 Å². The average molecular weight is 295 g/mol. The molecule has 1 amide bonds. The summed E-state index contributed by atoms with van der Waals surface area (Å²) in [6, 6.07) is 1.97. The van der Waals surface area contributed by atoms with Gasteiger partial charge in [0.1, 0.15) is 0 Å². The minimum atomic E-state index is -0.729. The van der Waals surface area contributed by atoms with Crippen LogP contribution in [0.3, 0.4) is 0 Å². The summed E-state index contributed by atoms with van der Waals surface area (Å²) >= 11 is 1.56. The zero-order valence-corrected chi connectivity index (χ0v) is 12.8. The van der Waals surface area contributed by atoms with E-state index in [4.69, 9.17) is 5.11 Å². The van der Waals surface area contributed by atoms with Gasteiger partial charge in [0.2, 0.25) is 0 Å². The van der Waals surface area contributed by atoms with Crippen LogP contribution in [0.4, 0.5) is 0 Å². The number of rotatable bonds is 4. The fourth-order valence-corrected chi connectivity index (χ4v) is 3.59. The SMILES string of the molecule is Cc1cc(C(=O)N2CCC(CCC(=O)O)CC2)sc1C. The number of hydrogen-bond acceptors (Lipinski definition) is 3. The van der Waals surface area contributed by atoms with Gasteiger partial charge in [0.25, 0.3) is 5.91 Å². The van der Waals surface area contributed by atoms with Gasteiger partial charge in [-0.15, -0.1) is 11.3 Å². The smallest absolute Gasteiger partial charge is 0.303 e. The summed E-state index contributed by atoms with van der Waals surface area (Å²) in [6.45, 7) is 5.56. The molecule has 0 spiro atoms. The fourth-order valence-electron chi connectivity index (χ4n) is 2.59. The number of hydrogen-bond donors (Lipinski definition) is 1.